The topological polar surface area (TPSA) is 98.3 Å². The molecule has 1 saturated heterocycles. The maximum absolute atomic E-state index is 12.7. The molecule has 3 rings (SSSR count). The first-order valence-corrected chi connectivity index (χ1v) is 9.79. The van der Waals surface area contributed by atoms with Crippen molar-refractivity contribution in [2.24, 2.45) is 13.0 Å². The second-order valence-electron chi connectivity index (χ2n) is 6.68. The van der Waals surface area contributed by atoms with Crippen molar-refractivity contribution in [3.05, 3.63) is 46.3 Å². The number of halogens is 3. The van der Waals surface area contributed by atoms with E-state index in [1.807, 2.05) is 6.20 Å². The molecule has 2 aromatic rings. The normalized spacial score (nSPS) is 17.9. The van der Waals surface area contributed by atoms with Gasteiger partial charge in [-0.3, -0.25) is 14.8 Å². The van der Waals surface area contributed by atoms with E-state index in [4.69, 9.17) is 0 Å². The molecule has 0 N–H and O–H groups in total. The largest absolute Gasteiger partial charge is 0.501 e. The molecule has 1 fully saturated rings. The number of aromatic nitrogens is 2. The summed E-state index contributed by atoms with van der Waals surface area (Å²) < 4.78 is 63.0. The molecule has 1 aliphatic heterocycles. The molecule has 1 aromatic carbocycles. The molecule has 0 spiro atoms. The lowest BCUT2D eigenvalue weighted by molar-refractivity contribution is -0.384. The maximum atomic E-state index is 12.7. The number of hydrogen-bond donors (Lipinski definition) is 0. The average molecular weight is 418 g/mol. The Morgan fingerprint density at radius 1 is 1.36 bits per heavy atom. The molecule has 0 amide bonds. The van der Waals surface area contributed by atoms with Gasteiger partial charge in [-0.15, -0.1) is 0 Å². The number of nitro benzene ring substituents is 1. The standard InChI is InChI=1S/C16H17F3N4O4S/c1-21-9-12(8-20-21)6-11-4-5-22(10-11)14-3-2-13(7-15(14)23(24)25)28(26,27)16(17,18)19/h2-3,7-9,11H,4-6,10H2,1H3. The number of benzene rings is 1. The van der Waals surface area contributed by atoms with Crippen molar-refractivity contribution in [2.75, 3.05) is 18.0 Å². The summed E-state index contributed by atoms with van der Waals surface area (Å²) in [6.07, 6.45) is 5.08. The minimum absolute atomic E-state index is 0.111. The number of sulfone groups is 1. The zero-order valence-electron chi connectivity index (χ0n) is 14.8. The maximum Gasteiger partial charge on any atom is 0.501 e. The van der Waals surface area contributed by atoms with Crippen LogP contribution in [0.5, 0.6) is 0 Å². The predicted molar refractivity (Wildman–Crippen MR) is 93.6 cm³/mol. The summed E-state index contributed by atoms with van der Waals surface area (Å²) in [7, 11) is -3.86. The molecular formula is C16H17F3N4O4S. The van der Waals surface area contributed by atoms with E-state index in [1.54, 1.807) is 22.8 Å². The van der Waals surface area contributed by atoms with Crippen LogP contribution in [-0.2, 0) is 23.3 Å². The fraction of sp³-hybridized carbons (Fsp3) is 0.438. The van der Waals surface area contributed by atoms with Crippen LogP contribution < -0.4 is 4.90 Å². The Balaban J connectivity index is 1.85. The summed E-state index contributed by atoms with van der Waals surface area (Å²) in [6.45, 7) is 0.957. The van der Waals surface area contributed by atoms with Crippen molar-refractivity contribution in [1.29, 1.82) is 0 Å². The molecule has 152 valence electrons. The van der Waals surface area contributed by atoms with Gasteiger partial charge in [0, 0.05) is 32.4 Å². The predicted octanol–water partition coefficient (Wildman–Crippen LogP) is 2.69. The second kappa shape index (κ2) is 7.08. The van der Waals surface area contributed by atoms with Crippen molar-refractivity contribution < 1.29 is 26.5 Å². The Morgan fingerprint density at radius 2 is 2.07 bits per heavy atom. The van der Waals surface area contributed by atoms with Gasteiger partial charge in [0.2, 0.25) is 0 Å². The summed E-state index contributed by atoms with van der Waals surface area (Å²) in [5.74, 6) is 0.197. The summed E-state index contributed by atoms with van der Waals surface area (Å²) in [5.41, 5.74) is -5.05. The Hall–Kier alpha value is -2.63. The fourth-order valence-electron chi connectivity index (χ4n) is 3.35. The lowest BCUT2D eigenvalue weighted by atomic mass is 10.0. The number of aryl methyl sites for hydroxylation is 1. The van der Waals surface area contributed by atoms with Gasteiger partial charge in [0.1, 0.15) is 5.69 Å². The Labute approximate surface area is 158 Å². The first-order valence-electron chi connectivity index (χ1n) is 8.31. The zero-order chi connectivity index (χ0) is 20.7. The molecular weight excluding hydrogens is 401 g/mol. The second-order valence-corrected chi connectivity index (χ2v) is 8.63. The van der Waals surface area contributed by atoms with Gasteiger partial charge in [0.15, 0.2) is 0 Å². The van der Waals surface area contributed by atoms with Gasteiger partial charge in [-0.1, -0.05) is 0 Å². The van der Waals surface area contributed by atoms with Gasteiger partial charge >= 0.3 is 5.51 Å². The summed E-state index contributed by atoms with van der Waals surface area (Å²) >= 11 is 0. The summed E-state index contributed by atoms with van der Waals surface area (Å²) in [4.78, 5) is 11.1. The van der Waals surface area contributed by atoms with E-state index in [0.29, 0.717) is 19.2 Å². The van der Waals surface area contributed by atoms with E-state index in [9.17, 15) is 31.7 Å². The van der Waals surface area contributed by atoms with Crippen molar-refractivity contribution in [2.45, 2.75) is 23.2 Å². The molecule has 28 heavy (non-hydrogen) atoms. The third kappa shape index (κ3) is 3.81. The van der Waals surface area contributed by atoms with Crippen LogP contribution >= 0.6 is 0 Å². The number of hydrogen-bond acceptors (Lipinski definition) is 6. The average Bonchev–Trinajstić information content (AvgIpc) is 3.22. The van der Waals surface area contributed by atoms with Crippen LogP contribution in [0.3, 0.4) is 0 Å². The molecule has 0 bridgehead atoms. The summed E-state index contributed by atoms with van der Waals surface area (Å²) in [6, 6.07) is 2.31. The molecule has 12 heteroatoms. The highest BCUT2D eigenvalue weighted by molar-refractivity contribution is 7.92. The van der Waals surface area contributed by atoms with Crippen LogP contribution in [0.2, 0.25) is 0 Å². The smallest absolute Gasteiger partial charge is 0.366 e. The molecule has 0 saturated carbocycles. The van der Waals surface area contributed by atoms with Crippen LogP contribution in [0.4, 0.5) is 24.5 Å². The molecule has 1 unspecified atom stereocenters. The van der Waals surface area contributed by atoms with E-state index in [-0.39, 0.29) is 11.6 Å². The molecule has 2 heterocycles. The van der Waals surface area contributed by atoms with Crippen molar-refractivity contribution >= 4 is 21.2 Å². The molecule has 0 radical (unpaired) electrons. The summed E-state index contributed by atoms with van der Waals surface area (Å²) in [5, 5.41) is 15.5. The third-order valence-corrected chi connectivity index (χ3v) is 6.15. The molecule has 1 aliphatic rings. The lowest BCUT2D eigenvalue weighted by Gasteiger charge is -2.19. The van der Waals surface area contributed by atoms with Crippen molar-refractivity contribution in [3.8, 4) is 0 Å². The highest BCUT2D eigenvalue weighted by Gasteiger charge is 2.47. The number of rotatable bonds is 5. The number of anilines is 1. The number of nitrogens with zero attached hydrogens (tertiary/aromatic N) is 4. The Kier molecular flexibility index (Phi) is 5.08. The molecule has 1 aromatic heterocycles. The van der Waals surface area contributed by atoms with E-state index >= 15 is 0 Å². The van der Waals surface area contributed by atoms with Gasteiger partial charge in [-0.25, -0.2) is 8.42 Å². The zero-order valence-corrected chi connectivity index (χ0v) is 15.6. The van der Waals surface area contributed by atoms with Crippen molar-refractivity contribution in [3.63, 3.8) is 0 Å². The van der Waals surface area contributed by atoms with Gasteiger partial charge in [-0.2, -0.15) is 18.3 Å². The Morgan fingerprint density at radius 3 is 2.64 bits per heavy atom. The van der Waals surface area contributed by atoms with Gasteiger partial charge in [-0.05, 0) is 36.5 Å². The minimum Gasteiger partial charge on any atom is -0.366 e. The van der Waals surface area contributed by atoms with Gasteiger partial charge < -0.3 is 4.90 Å². The first-order chi connectivity index (χ1) is 13.0. The Bertz CT molecular complexity index is 1000. The molecule has 1 atom stereocenters. The van der Waals surface area contributed by atoms with Crippen LogP contribution in [0.15, 0.2) is 35.5 Å². The highest BCUT2D eigenvalue weighted by atomic mass is 32.2. The van der Waals surface area contributed by atoms with Crippen molar-refractivity contribution in [1.82, 2.24) is 9.78 Å². The van der Waals surface area contributed by atoms with Gasteiger partial charge in [0.25, 0.3) is 15.5 Å². The van der Waals surface area contributed by atoms with Crippen LogP contribution in [0.1, 0.15) is 12.0 Å². The van der Waals surface area contributed by atoms with Crippen LogP contribution in [-0.4, -0.2) is 41.7 Å². The fourth-order valence-corrected chi connectivity index (χ4v) is 4.13. The minimum atomic E-state index is -5.65. The number of alkyl halides is 3. The number of nitro groups is 1. The molecule has 8 nitrogen and oxygen atoms in total. The SMILES string of the molecule is Cn1cc(CC2CCN(c3ccc(S(=O)(=O)C(F)(F)F)cc3[N+](=O)[O-])C2)cn1. The van der Waals surface area contributed by atoms with Crippen LogP contribution in [0.25, 0.3) is 0 Å². The van der Waals surface area contributed by atoms with Crippen LogP contribution in [0, 0.1) is 16.0 Å². The van der Waals surface area contributed by atoms with E-state index < -0.39 is 30.9 Å². The first kappa shape index (κ1) is 20.1. The van der Waals surface area contributed by atoms with E-state index in [1.165, 1.54) is 0 Å². The highest BCUT2D eigenvalue weighted by Crippen LogP contribution is 2.38. The van der Waals surface area contributed by atoms with Gasteiger partial charge in [0.05, 0.1) is 16.0 Å². The van der Waals surface area contributed by atoms with E-state index in [2.05, 4.69) is 5.10 Å². The van der Waals surface area contributed by atoms with E-state index in [0.717, 1.165) is 30.5 Å². The molecule has 0 aliphatic carbocycles. The quantitative estimate of drug-likeness (QED) is 0.547. The lowest BCUT2D eigenvalue weighted by Crippen LogP contribution is -2.24. The third-order valence-electron chi connectivity index (χ3n) is 4.67. The monoisotopic (exact) mass is 418 g/mol.